The van der Waals surface area contributed by atoms with Crippen molar-refractivity contribution in [3.8, 4) is 44.9 Å². The van der Waals surface area contributed by atoms with Crippen molar-refractivity contribution in [2.75, 3.05) is 0 Å². The lowest BCUT2D eigenvalue weighted by molar-refractivity contribution is 1.08. The lowest BCUT2D eigenvalue weighted by Crippen LogP contribution is -1.97. The Kier molecular flexibility index (Phi) is 7.10. The molecule has 0 fully saturated rings. The summed E-state index contributed by atoms with van der Waals surface area (Å²) in [4.78, 5) is 5.11. The molecule has 0 amide bonds. The number of hydrogen-bond donors (Lipinski definition) is 0. The second-order valence-corrected chi connectivity index (χ2v) is 15.8. The Morgan fingerprint density at radius 3 is 1.75 bits per heavy atom. The van der Waals surface area contributed by atoms with Gasteiger partial charge in [-0.25, -0.2) is 4.98 Å². The summed E-state index contributed by atoms with van der Waals surface area (Å²) in [5.41, 5.74) is 13.0. The molecule has 8 aromatic carbocycles. The number of nitrogens with zero attached hydrogens (tertiary/aromatic N) is 3. The average Bonchev–Trinajstić information content (AvgIpc) is 3.94. The SMILES string of the molecule is c1ccc(-n2c3ccccc3c3cc(-c4ccc5c6ccccc6n(-c6ccc(-c7ccc(-c8cccc9c8sc8ccccc89)cc7)cn6)c5c4)ccc32)cc1. The van der Waals surface area contributed by atoms with Crippen LogP contribution in [-0.4, -0.2) is 14.1 Å². The van der Waals surface area contributed by atoms with Crippen molar-refractivity contribution < 1.29 is 0 Å². The van der Waals surface area contributed by atoms with Crippen LogP contribution in [0.25, 0.3) is 109 Å². The monoisotopic (exact) mass is 743 g/mol. The van der Waals surface area contributed by atoms with Gasteiger partial charge in [-0.05, 0) is 88.5 Å². The summed E-state index contributed by atoms with van der Waals surface area (Å²) >= 11 is 1.87. The fraction of sp³-hybridized carbons (Fsp3) is 0. The number of aromatic nitrogens is 3. The molecule has 0 N–H and O–H groups in total. The zero-order chi connectivity index (χ0) is 37.5. The van der Waals surface area contributed by atoms with Gasteiger partial charge in [0.25, 0.3) is 0 Å². The Morgan fingerprint density at radius 2 is 0.947 bits per heavy atom. The molecule has 0 aliphatic rings. The molecule has 12 aromatic rings. The van der Waals surface area contributed by atoms with Crippen molar-refractivity contribution >= 4 is 75.1 Å². The van der Waals surface area contributed by atoms with Gasteiger partial charge in [0.1, 0.15) is 5.82 Å². The van der Waals surface area contributed by atoms with E-state index in [1.165, 1.54) is 80.7 Å². The van der Waals surface area contributed by atoms with E-state index in [0.717, 1.165) is 28.0 Å². The molecule has 0 aliphatic heterocycles. The van der Waals surface area contributed by atoms with Crippen molar-refractivity contribution in [2.24, 2.45) is 0 Å². The van der Waals surface area contributed by atoms with Gasteiger partial charge in [-0.1, -0.05) is 133 Å². The predicted octanol–water partition coefficient (Wildman–Crippen LogP) is 14.6. The van der Waals surface area contributed by atoms with E-state index in [1.807, 2.05) is 17.5 Å². The summed E-state index contributed by atoms with van der Waals surface area (Å²) in [6.45, 7) is 0. The molecule has 4 heterocycles. The van der Waals surface area contributed by atoms with E-state index in [1.54, 1.807) is 0 Å². The van der Waals surface area contributed by atoms with Crippen LogP contribution in [0, 0.1) is 0 Å². The maximum absolute atomic E-state index is 5.11. The Labute approximate surface area is 333 Å². The van der Waals surface area contributed by atoms with Crippen molar-refractivity contribution in [2.45, 2.75) is 0 Å². The summed E-state index contributed by atoms with van der Waals surface area (Å²) in [6, 6.07) is 70.4. The maximum atomic E-state index is 5.11. The van der Waals surface area contributed by atoms with Gasteiger partial charge in [0.2, 0.25) is 0 Å². The molecule has 12 rings (SSSR count). The Bertz CT molecular complexity index is 3500. The van der Waals surface area contributed by atoms with Crippen LogP contribution < -0.4 is 0 Å². The Hall–Kier alpha value is -7.27. The third-order valence-electron chi connectivity index (χ3n) is 11.6. The van der Waals surface area contributed by atoms with E-state index < -0.39 is 0 Å². The Morgan fingerprint density at radius 1 is 0.351 bits per heavy atom. The summed E-state index contributed by atoms with van der Waals surface area (Å²) in [7, 11) is 0. The van der Waals surface area contributed by atoms with E-state index in [-0.39, 0.29) is 0 Å². The highest BCUT2D eigenvalue weighted by Crippen LogP contribution is 2.41. The van der Waals surface area contributed by atoms with Gasteiger partial charge in [-0.2, -0.15) is 0 Å². The molecule has 4 heteroatoms. The molecule has 0 saturated carbocycles. The normalized spacial score (nSPS) is 11.9. The number of benzene rings is 8. The smallest absolute Gasteiger partial charge is 0.137 e. The van der Waals surface area contributed by atoms with Crippen LogP contribution in [0.1, 0.15) is 0 Å². The molecule has 0 saturated heterocycles. The van der Waals surface area contributed by atoms with Gasteiger partial charge in [-0.3, -0.25) is 4.57 Å². The first-order valence-corrected chi connectivity index (χ1v) is 20.2. The third-order valence-corrected chi connectivity index (χ3v) is 12.8. The lowest BCUT2D eigenvalue weighted by atomic mass is 9.99. The fourth-order valence-corrected chi connectivity index (χ4v) is 10.1. The standard InChI is InChI=1S/C53H33N3S/c1-2-11-39(12-3-1)55-47-18-7-5-14-42(47)46-31-36(26-29-49(46)55)37-25-28-43-41-13-4-8-19-48(41)56(50(43)32-37)52-30-27-38(33-54-52)34-21-23-35(24-22-34)40-16-10-17-45-44-15-6-9-20-51(44)57-53(40)45/h1-33H. The number of rotatable bonds is 5. The number of fused-ring (bicyclic) bond motifs is 9. The van der Waals surface area contributed by atoms with Crippen LogP contribution in [0.5, 0.6) is 0 Å². The quantitative estimate of drug-likeness (QED) is 0.172. The topological polar surface area (TPSA) is 22.8 Å². The minimum Gasteiger partial charge on any atom is -0.309 e. The first-order valence-electron chi connectivity index (χ1n) is 19.4. The molecule has 3 nitrogen and oxygen atoms in total. The maximum Gasteiger partial charge on any atom is 0.137 e. The first-order chi connectivity index (χ1) is 28.3. The third kappa shape index (κ3) is 5.01. The van der Waals surface area contributed by atoms with Crippen molar-refractivity contribution in [3.05, 3.63) is 200 Å². The minimum atomic E-state index is 0.900. The molecule has 4 aromatic heterocycles. The molecule has 0 bridgehead atoms. The number of pyridine rings is 1. The molecule has 0 radical (unpaired) electrons. The number of hydrogen-bond acceptors (Lipinski definition) is 2. The molecule has 57 heavy (non-hydrogen) atoms. The minimum absolute atomic E-state index is 0.900. The molecule has 266 valence electrons. The van der Waals surface area contributed by atoms with Crippen LogP contribution in [0.15, 0.2) is 200 Å². The molecule has 0 aliphatic carbocycles. The first kappa shape index (κ1) is 32.0. The summed E-state index contributed by atoms with van der Waals surface area (Å²) < 4.78 is 7.34. The van der Waals surface area contributed by atoms with Crippen LogP contribution in [-0.2, 0) is 0 Å². The van der Waals surface area contributed by atoms with Gasteiger partial charge in [0.05, 0.1) is 22.1 Å². The summed E-state index contributed by atoms with van der Waals surface area (Å²) in [5, 5.41) is 7.58. The highest BCUT2D eigenvalue weighted by atomic mass is 32.1. The van der Waals surface area contributed by atoms with Gasteiger partial charge in [-0.15, -0.1) is 11.3 Å². The highest BCUT2D eigenvalue weighted by Gasteiger charge is 2.17. The van der Waals surface area contributed by atoms with Crippen molar-refractivity contribution in [1.29, 1.82) is 0 Å². The molecule has 0 unspecified atom stereocenters. The van der Waals surface area contributed by atoms with Crippen LogP contribution in [0.3, 0.4) is 0 Å². The van der Waals surface area contributed by atoms with E-state index >= 15 is 0 Å². The summed E-state index contributed by atoms with van der Waals surface area (Å²) in [5.74, 6) is 0.900. The summed E-state index contributed by atoms with van der Waals surface area (Å²) in [6.07, 6.45) is 2.01. The second kappa shape index (κ2) is 12.6. The molecular formula is C53H33N3S. The number of thiophene rings is 1. The van der Waals surface area contributed by atoms with Gasteiger partial charge in [0.15, 0.2) is 0 Å². The van der Waals surface area contributed by atoms with Gasteiger partial charge in [0, 0.05) is 59.2 Å². The Balaban J connectivity index is 0.927. The largest absolute Gasteiger partial charge is 0.309 e. The van der Waals surface area contributed by atoms with E-state index in [0.29, 0.717) is 0 Å². The number of para-hydroxylation sites is 3. The average molecular weight is 744 g/mol. The van der Waals surface area contributed by atoms with Crippen molar-refractivity contribution in [1.82, 2.24) is 14.1 Å². The lowest BCUT2D eigenvalue weighted by Gasteiger charge is -2.10. The zero-order valence-electron chi connectivity index (χ0n) is 30.8. The molecular weight excluding hydrogens is 711 g/mol. The van der Waals surface area contributed by atoms with E-state index in [2.05, 4.69) is 203 Å². The molecule has 0 spiro atoms. The van der Waals surface area contributed by atoms with Crippen LogP contribution in [0.4, 0.5) is 0 Å². The van der Waals surface area contributed by atoms with Gasteiger partial charge < -0.3 is 4.57 Å². The van der Waals surface area contributed by atoms with Crippen LogP contribution >= 0.6 is 11.3 Å². The van der Waals surface area contributed by atoms with Gasteiger partial charge >= 0.3 is 0 Å². The fourth-order valence-electron chi connectivity index (χ4n) is 8.91. The van der Waals surface area contributed by atoms with Crippen molar-refractivity contribution in [3.63, 3.8) is 0 Å². The van der Waals surface area contributed by atoms with E-state index in [9.17, 15) is 0 Å². The second-order valence-electron chi connectivity index (χ2n) is 14.8. The highest BCUT2D eigenvalue weighted by molar-refractivity contribution is 7.26. The van der Waals surface area contributed by atoms with E-state index in [4.69, 9.17) is 4.98 Å². The molecule has 0 atom stereocenters. The zero-order valence-corrected chi connectivity index (χ0v) is 31.6. The predicted molar refractivity (Wildman–Crippen MR) is 242 cm³/mol. The van der Waals surface area contributed by atoms with Crippen LogP contribution in [0.2, 0.25) is 0 Å².